The molecule has 4 saturated heterocycles. The molecule has 4 aliphatic rings. The highest BCUT2D eigenvalue weighted by Crippen LogP contribution is 2.40. The molecule has 0 aliphatic carbocycles. The van der Waals surface area contributed by atoms with Crippen molar-refractivity contribution in [1.29, 1.82) is 0 Å². The van der Waals surface area contributed by atoms with Crippen LogP contribution in [0.5, 0.6) is 23.0 Å². The first kappa shape index (κ1) is 75.5. The molecule has 1 aromatic heterocycles. The third-order valence-corrected chi connectivity index (χ3v) is 16.9. The van der Waals surface area contributed by atoms with Crippen LogP contribution in [0.25, 0.3) is 0 Å². The van der Waals surface area contributed by atoms with E-state index in [0.29, 0.717) is 63.7 Å². The van der Waals surface area contributed by atoms with E-state index in [-0.39, 0.29) is 68.6 Å². The Bertz CT molecular complexity index is 3740. The number of ketones is 1. The van der Waals surface area contributed by atoms with E-state index in [1.807, 2.05) is 64.4 Å². The van der Waals surface area contributed by atoms with Gasteiger partial charge in [-0.1, -0.05) is 42.5 Å². The molecule has 4 fully saturated rings. The number of piperidine rings is 3. The van der Waals surface area contributed by atoms with Gasteiger partial charge >= 0.3 is 36.8 Å². The molecule has 534 valence electrons. The summed E-state index contributed by atoms with van der Waals surface area (Å²) in [5.74, 6) is -2.02. The molecule has 17 nitrogen and oxygen atoms in total. The lowest BCUT2D eigenvalue weighted by atomic mass is 9.89. The Hall–Kier alpha value is -9.28. The number of piperazine rings is 1. The number of benzene rings is 5. The second-order valence-electron chi connectivity index (χ2n) is 25.2. The van der Waals surface area contributed by atoms with Crippen LogP contribution in [-0.4, -0.2) is 154 Å². The van der Waals surface area contributed by atoms with Gasteiger partial charge in [-0.2, -0.15) is 52.7 Å². The van der Waals surface area contributed by atoms with Gasteiger partial charge in [0, 0.05) is 71.2 Å². The first-order valence-electron chi connectivity index (χ1n) is 31.5. The van der Waals surface area contributed by atoms with Crippen LogP contribution in [0.1, 0.15) is 104 Å². The number of ether oxygens (including phenoxy) is 5. The molecule has 3 unspecified atom stereocenters. The van der Waals surface area contributed by atoms with Gasteiger partial charge in [0.15, 0.2) is 11.4 Å². The zero-order chi connectivity index (χ0) is 72.4. The van der Waals surface area contributed by atoms with Crippen molar-refractivity contribution in [3.05, 3.63) is 179 Å². The highest BCUT2D eigenvalue weighted by Gasteiger charge is 2.51. The molecule has 0 spiro atoms. The second kappa shape index (κ2) is 30.9. The van der Waals surface area contributed by atoms with Crippen molar-refractivity contribution in [3.63, 3.8) is 0 Å². The largest absolute Gasteiger partial charge is 0.495 e. The number of anilines is 1. The number of alkyl halides is 12. The van der Waals surface area contributed by atoms with Gasteiger partial charge in [-0.05, 0) is 163 Å². The van der Waals surface area contributed by atoms with Crippen molar-refractivity contribution in [2.24, 2.45) is 0 Å². The summed E-state index contributed by atoms with van der Waals surface area (Å²) in [6.45, 7) is 9.46. The van der Waals surface area contributed by atoms with E-state index in [0.717, 1.165) is 83.6 Å². The molecule has 6 aromatic rings. The summed E-state index contributed by atoms with van der Waals surface area (Å²) in [6.07, 6.45) is -15.0. The van der Waals surface area contributed by atoms with Gasteiger partial charge in [0.25, 0.3) is 11.8 Å². The molecule has 0 bridgehead atoms. The number of hydrogen-bond acceptors (Lipinski definition) is 13. The van der Waals surface area contributed by atoms with Gasteiger partial charge in [-0.15, -0.1) is 0 Å². The Morgan fingerprint density at radius 3 is 1.47 bits per heavy atom. The Morgan fingerprint density at radius 1 is 0.515 bits per heavy atom. The topological polar surface area (TPSA) is 181 Å². The van der Waals surface area contributed by atoms with E-state index in [4.69, 9.17) is 23.7 Å². The monoisotopic (exact) mass is 1400 g/mol. The standard InChI is InChI=1S/C31H30F6N4O4.C20H20F3NO3.C19H24F3NO4/c1-44-26-6-3-2-5-25(26)39-15-17-40(18-16-39)28(43)29(45-22-9-7-21(8-10-22)30(32,33)34)12-4-14-41(20-29)27(42)23-19-38-13-11-24(23)31(35,36)37;21-20(22,23)16-7-9-17(10-8-16)27-19(18(25)26)11-4-12-24(14-19)13-15-5-2-1-3-6-15;1-13(24)18(26-15-8-6-14(7-9-15)19(20,21)22)10-5-11-23(12-18)16(25)27-17(2,3)4/h2-3,5-11,13,19H,4,12,14-18,20H2,1H3;1-3,5-10H,4,11-14H2,(H,25,26);6-9H,5,10-12H2,1-4H3. The number of para-hydroxylation sites is 2. The van der Waals surface area contributed by atoms with Gasteiger partial charge in [0.2, 0.25) is 11.2 Å². The Morgan fingerprint density at radius 2 is 0.980 bits per heavy atom. The fourth-order valence-corrected chi connectivity index (χ4v) is 12.0. The van der Waals surface area contributed by atoms with Gasteiger partial charge < -0.3 is 48.4 Å². The van der Waals surface area contributed by atoms with Crippen molar-refractivity contribution >= 4 is 35.3 Å². The number of aliphatic carboxylic acids is 1. The van der Waals surface area contributed by atoms with Crippen LogP contribution in [0.3, 0.4) is 0 Å². The highest BCUT2D eigenvalue weighted by atomic mass is 19.4. The number of carboxylic acid groups (broad SMARTS) is 1. The summed E-state index contributed by atoms with van der Waals surface area (Å²) in [5, 5.41) is 9.79. The third kappa shape index (κ3) is 19.6. The number of carbonyl (C=O) groups is 5. The van der Waals surface area contributed by atoms with Gasteiger partial charge in [-0.3, -0.25) is 24.3 Å². The van der Waals surface area contributed by atoms with E-state index in [1.165, 1.54) is 36.1 Å². The SMILES string of the molecule is CC(=O)C1(Oc2ccc(C(F)(F)F)cc2)CCCN(C(=O)OC(C)(C)C)C1.COc1ccccc1N1CCN(C(=O)C2(Oc3ccc(C(F)(F)F)cc3)CCCN(C(=O)c3cnccc3C(F)(F)F)C2)CC1.O=C(O)C1(Oc2ccc(C(F)(F)F)cc2)CCCN(Cc2ccccc2)C1. The fraction of sp³-hybridized carbons (Fsp3) is 0.429. The summed E-state index contributed by atoms with van der Waals surface area (Å²) in [5.41, 5.74) is -7.68. The van der Waals surface area contributed by atoms with Crippen LogP contribution in [0.15, 0.2) is 146 Å². The molecule has 99 heavy (non-hydrogen) atoms. The number of halogens is 12. The van der Waals surface area contributed by atoms with Crippen LogP contribution in [-0.2, 0) is 50.4 Å². The van der Waals surface area contributed by atoms with E-state index in [2.05, 4.69) is 4.98 Å². The average molecular weight is 1400 g/mol. The third-order valence-electron chi connectivity index (χ3n) is 16.9. The van der Waals surface area contributed by atoms with Crippen molar-refractivity contribution in [2.75, 3.05) is 77.5 Å². The number of nitrogens with zero attached hydrogens (tertiary/aromatic N) is 6. The summed E-state index contributed by atoms with van der Waals surface area (Å²) in [7, 11) is 1.56. The fourth-order valence-electron chi connectivity index (χ4n) is 12.0. The first-order chi connectivity index (χ1) is 46.4. The molecule has 3 atom stereocenters. The number of carbonyl (C=O) groups excluding carboxylic acids is 4. The summed E-state index contributed by atoms with van der Waals surface area (Å²) >= 11 is 0. The van der Waals surface area contributed by atoms with Crippen LogP contribution in [0, 0.1) is 0 Å². The minimum Gasteiger partial charge on any atom is -0.495 e. The van der Waals surface area contributed by atoms with Crippen LogP contribution in [0.4, 0.5) is 63.2 Å². The van der Waals surface area contributed by atoms with E-state index >= 15 is 0 Å². The van der Waals surface area contributed by atoms with Crippen molar-refractivity contribution in [3.8, 4) is 23.0 Å². The highest BCUT2D eigenvalue weighted by molar-refractivity contribution is 5.97. The predicted octanol–water partition coefficient (Wildman–Crippen LogP) is 14.2. The maximum atomic E-state index is 14.3. The van der Waals surface area contributed by atoms with Crippen LogP contribution in [0.2, 0.25) is 0 Å². The van der Waals surface area contributed by atoms with Crippen molar-refractivity contribution in [2.45, 2.75) is 120 Å². The number of Topliss-reactive ketones (excluding diaryl/α,β-unsaturated/α-hetero) is 1. The number of hydrogen-bond donors (Lipinski definition) is 1. The smallest absolute Gasteiger partial charge is 0.417 e. The zero-order valence-corrected chi connectivity index (χ0v) is 54.6. The molecule has 10 rings (SSSR count). The number of amides is 3. The zero-order valence-electron chi connectivity index (χ0n) is 54.6. The maximum absolute atomic E-state index is 14.3. The number of likely N-dealkylation sites (tertiary alicyclic amines) is 3. The molecule has 29 heteroatoms. The number of methoxy groups -OCH3 is 1. The van der Waals surface area contributed by atoms with Crippen LogP contribution >= 0.6 is 0 Å². The van der Waals surface area contributed by atoms with Gasteiger partial charge in [0.05, 0.1) is 53.7 Å². The van der Waals surface area contributed by atoms with Gasteiger partial charge in [0.1, 0.15) is 28.6 Å². The van der Waals surface area contributed by atoms with Crippen LogP contribution < -0.4 is 23.8 Å². The number of pyridine rings is 1. The quantitative estimate of drug-likeness (QED) is 0.102. The lowest BCUT2D eigenvalue weighted by molar-refractivity contribution is -0.161. The molecule has 0 radical (unpaired) electrons. The average Bonchev–Trinajstić information content (AvgIpc) is 0.755. The van der Waals surface area contributed by atoms with E-state index in [1.54, 1.807) is 32.8 Å². The molecule has 0 saturated carbocycles. The van der Waals surface area contributed by atoms with Gasteiger partial charge in [-0.25, -0.2) is 9.59 Å². The molecular weight excluding hydrogens is 1330 g/mol. The minimum atomic E-state index is -4.82. The van der Waals surface area contributed by atoms with E-state index in [9.17, 15) is 81.8 Å². The number of rotatable bonds is 14. The summed E-state index contributed by atoms with van der Waals surface area (Å²) in [6, 6.07) is 29.9. The predicted molar refractivity (Wildman–Crippen MR) is 337 cm³/mol. The minimum absolute atomic E-state index is 0.0156. The normalized spacial score (nSPS) is 20.2. The molecular formula is C70H74F12N6O11. The molecule has 1 N–H and O–H groups in total. The van der Waals surface area contributed by atoms with Crippen molar-refractivity contribution < 1.29 is 105 Å². The van der Waals surface area contributed by atoms with E-state index < -0.39 is 105 Å². The second-order valence-corrected chi connectivity index (χ2v) is 25.2. The molecule has 3 amide bonds. The molecule has 5 aromatic carbocycles. The maximum Gasteiger partial charge on any atom is 0.417 e. The lowest BCUT2D eigenvalue weighted by Gasteiger charge is -2.45. The lowest BCUT2D eigenvalue weighted by Crippen LogP contribution is -2.64. The first-order valence-corrected chi connectivity index (χ1v) is 31.5. The Labute approximate surface area is 563 Å². The summed E-state index contributed by atoms with van der Waals surface area (Å²) in [4.78, 5) is 76.2. The Kier molecular flexibility index (Phi) is 23.5. The number of aromatic nitrogens is 1. The van der Waals surface area contributed by atoms with Crippen molar-refractivity contribution in [1.82, 2.24) is 24.6 Å². The molecule has 4 aliphatic heterocycles. The Balaban J connectivity index is 0.000000200. The summed E-state index contributed by atoms with van der Waals surface area (Å²) < 4.78 is 186. The number of carboxylic acids is 1. The molecule has 5 heterocycles.